The third-order valence-electron chi connectivity index (χ3n) is 3.94. The van der Waals surface area contributed by atoms with Gasteiger partial charge in [0.05, 0.1) is 5.69 Å². The number of hydrogen-bond donors (Lipinski definition) is 1. The molecule has 0 bridgehead atoms. The molecular weight excluding hydrogens is 198 g/mol. The molecule has 0 saturated heterocycles. The fraction of sp³-hybridized carbons (Fsp3) is 0.769. The maximum Gasteiger partial charge on any atom is 0.109 e. The van der Waals surface area contributed by atoms with Crippen LogP contribution >= 0.6 is 0 Å². The molecule has 1 atom stereocenters. The third kappa shape index (κ3) is 2.01. The molecule has 3 rings (SSSR count). The first-order valence-electron chi connectivity index (χ1n) is 6.60. The van der Waals surface area contributed by atoms with Crippen LogP contribution in [0.5, 0.6) is 0 Å². The van der Waals surface area contributed by atoms with Crippen LogP contribution in [-0.2, 0) is 13.0 Å². The van der Waals surface area contributed by atoms with Crippen LogP contribution in [0.3, 0.4) is 0 Å². The van der Waals surface area contributed by atoms with E-state index in [1.807, 2.05) is 0 Å². The number of hydrogen-bond acceptors (Lipinski definition) is 2. The summed E-state index contributed by atoms with van der Waals surface area (Å²) < 4.78 is 2.34. The fourth-order valence-electron chi connectivity index (χ4n) is 3.15. The van der Waals surface area contributed by atoms with E-state index in [2.05, 4.69) is 28.0 Å². The molecule has 1 fully saturated rings. The molecule has 2 heterocycles. The first-order chi connectivity index (χ1) is 7.81. The molecule has 1 aliphatic carbocycles. The first kappa shape index (κ1) is 10.3. The average Bonchev–Trinajstić information content (AvgIpc) is 2.85. The largest absolute Gasteiger partial charge is 0.333 e. The highest BCUT2D eigenvalue weighted by molar-refractivity contribution is 5.05. The van der Waals surface area contributed by atoms with E-state index in [-0.39, 0.29) is 0 Å². The van der Waals surface area contributed by atoms with Crippen LogP contribution in [0.25, 0.3) is 0 Å². The van der Waals surface area contributed by atoms with Gasteiger partial charge in [-0.05, 0) is 26.2 Å². The van der Waals surface area contributed by atoms with E-state index < -0.39 is 0 Å². The standard InChI is InChI=1S/C13H21N3/c1-10-8-16-9-12(6-7-13(16)14-10)15-11-4-2-3-5-11/h8,11-12,15H,2-7,9H2,1H3. The van der Waals surface area contributed by atoms with Crippen molar-refractivity contribution in [3.63, 3.8) is 0 Å². The number of aryl methyl sites for hydroxylation is 2. The maximum atomic E-state index is 4.55. The molecular formula is C13H21N3. The zero-order chi connectivity index (χ0) is 11.0. The van der Waals surface area contributed by atoms with Crippen LogP contribution in [0.1, 0.15) is 43.6 Å². The molecule has 16 heavy (non-hydrogen) atoms. The van der Waals surface area contributed by atoms with Gasteiger partial charge in [0.1, 0.15) is 5.82 Å². The van der Waals surface area contributed by atoms with Crippen molar-refractivity contribution in [3.05, 3.63) is 17.7 Å². The van der Waals surface area contributed by atoms with Gasteiger partial charge in [0.2, 0.25) is 0 Å². The lowest BCUT2D eigenvalue weighted by atomic mass is 10.1. The number of nitrogens with one attached hydrogen (secondary N) is 1. The van der Waals surface area contributed by atoms with Crippen molar-refractivity contribution in [1.29, 1.82) is 0 Å². The molecule has 1 N–H and O–H groups in total. The third-order valence-corrected chi connectivity index (χ3v) is 3.94. The number of aromatic nitrogens is 2. The highest BCUT2D eigenvalue weighted by atomic mass is 15.1. The van der Waals surface area contributed by atoms with Gasteiger partial charge in [0, 0.05) is 31.2 Å². The molecule has 2 aliphatic rings. The van der Waals surface area contributed by atoms with E-state index in [0.717, 1.165) is 24.7 Å². The summed E-state index contributed by atoms with van der Waals surface area (Å²) in [7, 11) is 0. The second-order valence-electron chi connectivity index (χ2n) is 5.33. The van der Waals surface area contributed by atoms with E-state index >= 15 is 0 Å². The lowest BCUT2D eigenvalue weighted by molar-refractivity contribution is 0.341. The molecule has 1 aromatic rings. The lowest BCUT2D eigenvalue weighted by Gasteiger charge is -2.27. The second-order valence-corrected chi connectivity index (χ2v) is 5.33. The first-order valence-corrected chi connectivity index (χ1v) is 6.60. The van der Waals surface area contributed by atoms with Gasteiger partial charge < -0.3 is 9.88 Å². The molecule has 0 radical (unpaired) electrons. The smallest absolute Gasteiger partial charge is 0.109 e. The van der Waals surface area contributed by atoms with Gasteiger partial charge in [0.25, 0.3) is 0 Å². The molecule has 1 saturated carbocycles. The Morgan fingerprint density at radius 2 is 2.06 bits per heavy atom. The van der Waals surface area contributed by atoms with Crippen molar-refractivity contribution in [2.75, 3.05) is 0 Å². The summed E-state index contributed by atoms with van der Waals surface area (Å²) in [5, 5.41) is 3.82. The fourth-order valence-corrected chi connectivity index (χ4v) is 3.15. The van der Waals surface area contributed by atoms with Gasteiger partial charge in [0.15, 0.2) is 0 Å². The predicted molar refractivity (Wildman–Crippen MR) is 64.5 cm³/mol. The van der Waals surface area contributed by atoms with Gasteiger partial charge >= 0.3 is 0 Å². The van der Waals surface area contributed by atoms with Gasteiger partial charge in [-0.15, -0.1) is 0 Å². The molecule has 0 aromatic carbocycles. The van der Waals surface area contributed by atoms with E-state index in [0.29, 0.717) is 6.04 Å². The zero-order valence-electron chi connectivity index (χ0n) is 10.1. The Morgan fingerprint density at radius 3 is 2.88 bits per heavy atom. The van der Waals surface area contributed by atoms with Crippen LogP contribution in [0.15, 0.2) is 6.20 Å². The van der Waals surface area contributed by atoms with Gasteiger partial charge in [-0.1, -0.05) is 12.8 Å². The van der Waals surface area contributed by atoms with E-state index in [9.17, 15) is 0 Å². The Labute approximate surface area is 97.3 Å². The minimum atomic E-state index is 0.671. The molecule has 3 heteroatoms. The normalized spacial score (nSPS) is 25.9. The quantitative estimate of drug-likeness (QED) is 0.825. The van der Waals surface area contributed by atoms with Gasteiger partial charge in [-0.25, -0.2) is 4.98 Å². The van der Waals surface area contributed by atoms with E-state index in [4.69, 9.17) is 0 Å². The van der Waals surface area contributed by atoms with E-state index in [1.54, 1.807) is 0 Å². The highest BCUT2D eigenvalue weighted by Gasteiger charge is 2.23. The zero-order valence-corrected chi connectivity index (χ0v) is 10.1. The number of nitrogens with zero attached hydrogens (tertiary/aromatic N) is 2. The summed E-state index contributed by atoms with van der Waals surface area (Å²) in [6.07, 6.45) is 10.2. The molecule has 88 valence electrons. The summed E-state index contributed by atoms with van der Waals surface area (Å²) in [6, 6.07) is 1.46. The van der Waals surface area contributed by atoms with Gasteiger partial charge in [-0.3, -0.25) is 0 Å². The Bertz CT molecular complexity index is 363. The summed E-state index contributed by atoms with van der Waals surface area (Å²) in [5.74, 6) is 1.28. The topological polar surface area (TPSA) is 29.9 Å². The van der Waals surface area contributed by atoms with Crippen molar-refractivity contribution < 1.29 is 0 Å². The van der Waals surface area contributed by atoms with Crippen molar-refractivity contribution in [1.82, 2.24) is 14.9 Å². The summed E-state index contributed by atoms with van der Waals surface area (Å²) in [4.78, 5) is 4.55. The Balaban J connectivity index is 1.63. The number of imidazole rings is 1. The molecule has 1 aromatic heterocycles. The number of fused-ring (bicyclic) bond motifs is 1. The lowest BCUT2D eigenvalue weighted by Crippen LogP contribution is -2.42. The molecule has 1 aliphatic heterocycles. The second kappa shape index (κ2) is 4.21. The van der Waals surface area contributed by atoms with Crippen molar-refractivity contribution in [2.45, 2.75) is 64.1 Å². The summed E-state index contributed by atoms with van der Waals surface area (Å²) in [5.41, 5.74) is 1.16. The van der Waals surface area contributed by atoms with Crippen LogP contribution in [-0.4, -0.2) is 21.6 Å². The van der Waals surface area contributed by atoms with Crippen molar-refractivity contribution in [2.24, 2.45) is 0 Å². The molecule has 0 amide bonds. The Morgan fingerprint density at radius 1 is 1.25 bits per heavy atom. The highest BCUT2D eigenvalue weighted by Crippen LogP contribution is 2.21. The van der Waals surface area contributed by atoms with Crippen LogP contribution in [0.4, 0.5) is 0 Å². The van der Waals surface area contributed by atoms with Crippen molar-refractivity contribution in [3.8, 4) is 0 Å². The van der Waals surface area contributed by atoms with Crippen molar-refractivity contribution >= 4 is 0 Å². The Kier molecular flexibility index (Phi) is 2.72. The van der Waals surface area contributed by atoms with Gasteiger partial charge in [-0.2, -0.15) is 0 Å². The molecule has 3 nitrogen and oxygen atoms in total. The monoisotopic (exact) mass is 219 g/mol. The summed E-state index contributed by atoms with van der Waals surface area (Å²) >= 11 is 0. The average molecular weight is 219 g/mol. The Hall–Kier alpha value is -0.830. The van der Waals surface area contributed by atoms with E-state index in [1.165, 1.54) is 37.9 Å². The number of rotatable bonds is 2. The maximum absolute atomic E-state index is 4.55. The molecule has 0 spiro atoms. The minimum absolute atomic E-state index is 0.671. The van der Waals surface area contributed by atoms with Crippen LogP contribution in [0, 0.1) is 6.92 Å². The minimum Gasteiger partial charge on any atom is -0.333 e. The van der Waals surface area contributed by atoms with Crippen LogP contribution < -0.4 is 5.32 Å². The summed E-state index contributed by atoms with van der Waals surface area (Å²) in [6.45, 7) is 3.21. The SMILES string of the molecule is Cc1cn2c(n1)CCC(NC1CCCC1)C2. The predicted octanol–water partition coefficient (Wildman–Crippen LogP) is 2.04. The van der Waals surface area contributed by atoms with Crippen LogP contribution in [0.2, 0.25) is 0 Å². The molecule has 1 unspecified atom stereocenters.